The van der Waals surface area contributed by atoms with E-state index < -0.39 is 5.97 Å². The van der Waals surface area contributed by atoms with Crippen LogP contribution < -0.4 is 0 Å². The summed E-state index contributed by atoms with van der Waals surface area (Å²) in [5.41, 5.74) is 0.819. The molecule has 0 saturated carbocycles. The van der Waals surface area contributed by atoms with Gasteiger partial charge in [-0.2, -0.15) is 0 Å². The van der Waals surface area contributed by atoms with Gasteiger partial charge in [-0.1, -0.05) is 0 Å². The molecule has 80 valence electrons. The monoisotopic (exact) mass is 233 g/mol. The van der Waals surface area contributed by atoms with E-state index in [-0.39, 0.29) is 5.56 Å². The van der Waals surface area contributed by atoms with Gasteiger partial charge in [0.15, 0.2) is 6.29 Å². The first-order valence-electron chi connectivity index (χ1n) is 4.45. The summed E-state index contributed by atoms with van der Waals surface area (Å²) in [7, 11) is 0. The molecule has 2 rings (SSSR count). The van der Waals surface area contributed by atoms with E-state index in [1.165, 1.54) is 23.6 Å². The lowest BCUT2D eigenvalue weighted by atomic mass is 10.2. The Hall–Kier alpha value is -2.01. The Kier molecular flexibility index (Phi) is 2.78. The molecule has 0 aromatic carbocycles. The molecule has 16 heavy (non-hydrogen) atoms. The maximum Gasteiger partial charge on any atom is 0.337 e. The van der Waals surface area contributed by atoms with Crippen LogP contribution in [0.4, 0.5) is 0 Å². The number of aromatic carboxylic acids is 1. The minimum Gasteiger partial charge on any atom is -0.478 e. The van der Waals surface area contributed by atoms with E-state index in [0.29, 0.717) is 10.6 Å². The topological polar surface area (TPSA) is 67.3 Å². The molecule has 2 heterocycles. The summed E-state index contributed by atoms with van der Waals surface area (Å²) in [4.78, 5) is 26.6. The summed E-state index contributed by atoms with van der Waals surface area (Å²) in [5.74, 6) is -1.00. The maximum absolute atomic E-state index is 10.6. The normalized spacial score (nSPS) is 10.0. The highest BCUT2D eigenvalue weighted by molar-refractivity contribution is 7.17. The number of aromatic nitrogens is 1. The van der Waals surface area contributed by atoms with Crippen LogP contribution in [0, 0.1) is 0 Å². The summed E-state index contributed by atoms with van der Waals surface area (Å²) in [6.07, 6.45) is 2.08. The van der Waals surface area contributed by atoms with Crippen LogP contribution in [0.3, 0.4) is 0 Å². The SMILES string of the molecule is O=Cc1ccc(-c2ccc(C(=O)O)cn2)s1. The van der Waals surface area contributed by atoms with Crippen molar-refractivity contribution < 1.29 is 14.7 Å². The van der Waals surface area contributed by atoms with E-state index in [1.807, 2.05) is 0 Å². The molecular weight excluding hydrogens is 226 g/mol. The fourth-order valence-corrected chi connectivity index (χ4v) is 2.02. The van der Waals surface area contributed by atoms with Crippen LogP contribution in [-0.4, -0.2) is 22.3 Å². The Morgan fingerprint density at radius 3 is 2.62 bits per heavy atom. The number of thiophene rings is 1. The Balaban J connectivity index is 2.34. The van der Waals surface area contributed by atoms with E-state index in [4.69, 9.17) is 5.11 Å². The zero-order chi connectivity index (χ0) is 11.5. The lowest BCUT2D eigenvalue weighted by Gasteiger charge is -1.97. The van der Waals surface area contributed by atoms with Gasteiger partial charge in [0.2, 0.25) is 0 Å². The van der Waals surface area contributed by atoms with E-state index in [9.17, 15) is 9.59 Å². The van der Waals surface area contributed by atoms with Gasteiger partial charge in [0, 0.05) is 6.20 Å². The van der Waals surface area contributed by atoms with Crippen LogP contribution in [0.1, 0.15) is 20.0 Å². The Morgan fingerprint density at radius 1 is 1.31 bits per heavy atom. The molecule has 0 aliphatic heterocycles. The van der Waals surface area contributed by atoms with Crippen LogP contribution in [-0.2, 0) is 0 Å². The minimum absolute atomic E-state index is 0.149. The van der Waals surface area contributed by atoms with Crippen molar-refractivity contribution in [2.24, 2.45) is 0 Å². The molecule has 4 nitrogen and oxygen atoms in total. The third-order valence-electron chi connectivity index (χ3n) is 2.01. The summed E-state index contributed by atoms with van der Waals surface area (Å²) >= 11 is 1.32. The minimum atomic E-state index is -1.00. The molecule has 0 radical (unpaired) electrons. The van der Waals surface area contributed by atoms with E-state index in [1.54, 1.807) is 18.2 Å². The summed E-state index contributed by atoms with van der Waals surface area (Å²) in [5, 5.41) is 8.70. The summed E-state index contributed by atoms with van der Waals surface area (Å²) in [6, 6.07) is 6.62. The smallest absolute Gasteiger partial charge is 0.337 e. The zero-order valence-electron chi connectivity index (χ0n) is 8.08. The predicted molar refractivity (Wildman–Crippen MR) is 59.9 cm³/mol. The molecule has 0 bridgehead atoms. The molecular formula is C11H7NO3S. The standard InChI is InChI=1S/C11H7NO3S/c13-6-8-2-4-10(16-8)9-3-1-7(5-12-9)11(14)15/h1-6H,(H,14,15). The second kappa shape index (κ2) is 4.24. The molecule has 0 aliphatic carbocycles. The Morgan fingerprint density at radius 2 is 2.12 bits per heavy atom. The third-order valence-corrected chi connectivity index (χ3v) is 3.04. The fraction of sp³-hybridized carbons (Fsp3) is 0. The van der Waals surface area contributed by atoms with E-state index in [2.05, 4.69) is 4.98 Å². The van der Waals surface area contributed by atoms with Crippen molar-refractivity contribution in [2.45, 2.75) is 0 Å². The number of carboxylic acid groups (broad SMARTS) is 1. The lowest BCUT2D eigenvalue weighted by molar-refractivity contribution is 0.0696. The van der Waals surface area contributed by atoms with Crippen LogP contribution in [0.15, 0.2) is 30.5 Å². The van der Waals surface area contributed by atoms with Gasteiger partial charge in [0.25, 0.3) is 0 Å². The molecule has 0 unspecified atom stereocenters. The number of carboxylic acids is 1. The van der Waals surface area contributed by atoms with Crippen LogP contribution in [0.5, 0.6) is 0 Å². The number of aldehydes is 1. The molecule has 2 aromatic heterocycles. The lowest BCUT2D eigenvalue weighted by Crippen LogP contribution is -1.96. The van der Waals surface area contributed by atoms with Gasteiger partial charge in [-0.3, -0.25) is 9.78 Å². The van der Waals surface area contributed by atoms with Gasteiger partial charge in [-0.15, -0.1) is 11.3 Å². The highest BCUT2D eigenvalue weighted by atomic mass is 32.1. The predicted octanol–water partition coefficient (Wildman–Crippen LogP) is 2.32. The van der Waals surface area contributed by atoms with Crippen molar-refractivity contribution in [3.05, 3.63) is 40.9 Å². The van der Waals surface area contributed by atoms with Crippen LogP contribution in [0.2, 0.25) is 0 Å². The molecule has 0 saturated heterocycles. The summed E-state index contributed by atoms with van der Waals surface area (Å²) in [6.45, 7) is 0. The second-order valence-corrected chi connectivity index (χ2v) is 4.17. The summed E-state index contributed by atoms with van der Waals surface area (Å²) < 4.78 is 0. The first kappa shape index (κ1) is 10.5. The number of hydrogen-bond acceptors (Lipinski definition) is 4. The van der Waals surface area contributed by atoms with Crippen molar-refractivity contribution in [3.8, 4) is 10.6 Å². The Bertz CT molecular complexity index is 530. The van der Waals surface area contributed by atoms with Gasteiger partial charge in [-0.25, -0.2) is 4.79 Å². The molecule has 0 aliphatic rings. The van der Waals surface area contributed by atoms with Gasteiger partial charge in [-0.05, 0) is 24.3 Å². The van der Waals surface area contributed by atoms with Gasteiger partial charge < -0.3 is 5.11 Å². The first-order chi connectivity index (χ1) is 7.70. The number of carbonyl (C=O) groups is 2. The highest BCUT2D eigenvalue weighted by Crippen LogP contribution is 2.25. The molecule has 0 spiro atoms. The van der Waals surface area contributed by atoms with Crippen LogP contribution in [0.25, 0.3) is 10.6 Å². The highest BCUT2D eigenvalue weighted by Gasteiger charge is 2.06. The van der Waals surface area contributed by atoms with Crippen molar-refractivity contribution >= 4 is 23.6 Å². The molecule has 0 atom stereocenters. The average Bonchev–Trinajstić information content (AvgIpc) is 2.77. The quantitative estimate of drug-likeness (QED) is 0.826. The van der Waals surface area contributed by atoms with Crippen molar-refractivity contribution in [1.29, 1.82) is 0 Å². The molecule has 1 N–H and O–H groups in total. The number of pyridine rings is 1. The second-order valence-electron chi connectivity index (χ2n) is 3.06. The van der Waals surface area contributed by atoms with Gasteiger partial charge in [0.05, 0.1) is 21.0 Å². The number of rotatable bonds is 3. The number of hydrogen-bond donors (Lipinski definition) is 1. The first-order valence-corrected chi connectivity index (χ1v) is 5.27. The third kappa shape index (κ3) is 1.99. The molecule has 5 heteroatoms. The number of nitrogens with zero attached hydrogens (tertiary/aromatic N) is 1. The maximum atomic E-state index is 10.6. The zero-order valence-corrected chi connectivity index (χ0v) is 8.90. The number of carbonyl (C=O) groups excluding carboxylic acids is 1. The van der Waals surface area contributed by atoms with Crippen LogP contribution >= 0.6 is 11.3 Å². The van der Waals surface area contributed by atoms with Crippen molar-refractivity contribution in [2.75, 3.05) is 0 Å². The van der Waals surface area contributed by atoms with Crippen molar-refractivity contribution in [3.63, 3.8) is 0 Å². The van der Waals surface area contributed by atoms with E-state index >= 15 is 0 Å². The fourth-order valence-electron chi connectivity index (χ4n) is 1.22. The van der Waals surface area contributed by atoms with E-state index in [0.717, 1.165) is 11.2 Å². The average molecular weight is 233 g/mol. The molecule has 0 amide bonds. The largest absolute Gasteiger partial charge is 0.478 e. The molecule has 0 fully saturated rings. The van der Waals surface area contributed by atoms with Gasteiger partial charge in [0.1, 0.15) is 0 Å². The molecule has 2 aromatic rings. The van der Waals surface area contributed by atoms with Gasteiger partial charge >= 0.3 is 5.97 Å². The van der Waals surface area contributed by atoms with Crippen molar-refractivity contribution in [1.82, 2.24) is 4.98 Å². The Labute approximate surface area is 95.2 Å².